The van der Waals surface area contributed by atoms with Crippen LogP contribution in [0.5, 0.6) is 0 Å². The normalized spacial score (nSPS) is 31.8. The maximum atomic E-state index is 9.03. The lowest BCUT2D eigenvalue weighted by molar-refractivity contribution is 0.0155. The van der Waals surface area contributed by atoms with E-state index in [1.807, 2.05) is 0 Å². The van der Waals surface area contributed by atoms with Gasteiger partial charge in [0, 0.05) is 0 Å². The first kappa shape index (κ1) is 10.5. The Bertz CT molecular complexity index is 499. The van der Waals surface area contributed by atoms with Gasteiger partial charge in [0.1, 0.15) is 24.3 Å². The van der Waals surface area contributed by atoms with Gasteiger partial charge in [-0.15, -0.1) is 11.8 Å². The fourth-order valence-corrected chi connectivity index (χ4v) is 3.12. The van der Waals surface area contributed by atoms with Gasteiger partial charge < -0.3 is 4.74 Å². The summed E-state index contributed by atoms with van der Waals surface area (Å²) in [4.78, 5) is 0. The zero-order chi connectivity index (χ0) is 11.8. The van der Waals surface area contributed by atoms with Crippen molar-refractivity contribution in [3.05, 3.63) is 11.5 Å². The lowest BCUT2D eigenvalue weighted by atomic mass is 9.86. The highest BCUT2D eigenvalue weighted by molar-refractivity contribution is 8.03. The van der Waals surface area contributed by atoms with Crippen molar-refractivity contribution in [3.8, 4) is 24.3 Å². The summed E-state index contributed by atoms with van der Waals surface area (Å²) in [6, 6.07) is 7.09. The van der Waals surface area contributed by atoms with Gasteiger partial charge in [-0.3, -0.25) is 0 Å². The van der Waals surface area contributed by atoms with Crippen molar-refractivity contribution < 1.29 is 4.74 Å². The van der Waals surface area contributed by atoms with Gasteiger partial charge in [0.05, 0.1) is 11.2 Å². The third-order valence-electron chi connectivity index (χ3n) is 2.69. The number of rotatable bonds is 0. The molecule has 0 aromatic heterocycles. The summed E-state index contributed by atoms with van der Waals surface area (Å²) in [6.07, 6.45) is 1.65. The molecular weight excluding hydrogens is 224 g/mol. The maximum Gasteiger partial charge on any atom is 0.256 e. The summed E-state index contributed by atoms with van der Waals surface area (Å²) in [5, 5.41) is 37.3. The molecule has 0 unspecified atom stereocenters. The number of ether oxygens (including phenoxy) is 1. The number of nitrogens with zero attached hydrogens (tertiary/aromatic N) is 4. The second kappa shape index (κ2) is 3.26. The van der Waals surface area contributed by atoms with Crippen molar-refractivity contribution in [1.29, 1.82) is 21.0 Å². The van der Waals surface area contributed by atoms with E-state index >= 15 is 0 Å². The SMILES string of the molecule is N#CC1(C#N)OC(C#N)(C#N)[C@H]2SC=C[C@@H]21. The van der Waals surface area contributed by atoms with Gasteiger partial charge in [-0.25, -0.2) is 0 Å². The summed E-state index contributed by atoms with van der Waals surface area (Å²) in [7, 11) is 0. The van der Waals surface area contributed by atoms with Crippen molar-refractivity contribution in [2.75, 3.05) is 0 Å². The molecule has 0 aromatic carbocycles. The summed E-state index contributed by atoms with van der Waals surface area (Å²) < 4.78 is 5.18. The number of thioether (sulfide) groups is 1. The number of fused-ring (bicyclic) bond motifs is 1. The summed E-state index contributed by atoms with van der Waals surface area (Å²) in [5.41, 5.74) is -3.44. The number of hydrogen-bond acceptors (Lipinski definition) is 6. The van der Waals surface area contributed by atoms with Crippen molar-refractivity contribution in [1.82, 2.24) is 0 Å². The molecule has 0 radical (unpaired) electrons. The summed E-state index contributed by atoms with van der Waals surface area (Å²) >= 11 is 1.25. The van der Waals surface area contributed by atoms with Crippen LogP contribution in [0.3, 0.4) is 0 Å². The minimum Gasteiger partial charge on any atom is -0.311 e. The second-order valence-corrected chi connectivity index (χ2v) is 4.48. The number of nitriles is 4. The monoisotopic (exact) mass is 228 g/mol. The Hall–Kier alpha value is -1.99. The van der Waals surface area contributed by atoms with E-state index in [1.165, 1.54) is 11.8 Å². The standard InChI is InChI=1S/C10H4N4OS/c11-3-9(4-12)7-1-2-16-8(7)10(5-13,6-14)15-9/h1-2,7-8H/t7-,8-/m0/s1. The first-order valence-corrected chi connectivity index (χ1v) is 5.29. The molecule has 0 spiro atoms. The van der Waals surface area contributed by atoms with E-state index in [-0.39, 0.29) is 0 Å². The van der Waals surface area contributed by atoms with E-state index < -0.39 is 22.4 Å². The molecule has 2 aliphatic heterocycles. The van der Waals surface area contributed by atoms with E-state index in [0.717, 1.165) is 0 Å². The molecular formula is C10H4N4OS. The first-order chi connectivity index (χ1) is 7.68. The van der Waals surface area contributed by atoms with Crippen LogP contribution in [0.25, 0.3) is 0 Å². The average molecular weight is 228 g/mol. The van der Waals surface area contributed by atoms with Crippen molar-refractivity contribution >= 4 is 11.8 Å². The third-order valence-corrected chi connectivity index (χ3v) is 3.93. The van der Waals surface area contributed by atoms with Crippen molar-refractivity contribution in [2.45, 2.75) is 16.5 Å². The highest BCUT2D eigenvalue weighted by Crippen LogP contribution is 2.52. The van der Waals surface area contributed by atoms with Crippen molar-refractivity contribution in [2.24, 2.45) is 5.92 Å². The van der Waals surface area contributed by atoms with Crippen LogP contribution in [-0.2, 0) is 4.74 Å². The van der Waals surface area contributed by atoms with Crippen LogP contribution in [0.15, 0.2) is 11.5 Å². The van der Waals surface area contributed by atoms with Gasteiger partial charge in [-0.1, -0.05) is 6.08 Å². The smallest absolute Gasteiger partial charge is 0.256 e. The van der Waals surface area contributed by atoms with E-state index in [9.17, 15) is 0 Å². The van der Waals surface area contributed by atoms with Crippen molar-refractivity contribution in [3.63, 3.8) is 0 Å². The minimum atomic E-state index is -1.73. The molecule has 0 aliphatic carbocycles. The topological polar surface area (TPSA) is 104 Å². The second-order valence-electron chi connectivity index (χ2n) is 3.43. The molecule has 0 amide bonds. The Balaban J connectivity index is 2.57. The van der Waals surface area contributed by atoms with E-state index in [0.29, 0.717) is 0 Å². The van der Waals surface area contributed by atoms with Gasteiger partial charge in [0.25, 0.3) is 11.2 Å². The Labute approximate surface area is 96.1 Å². The molecule has 2 atom stereocenters. The lowest BCUT2D eigenvalue weighted by Crippen LogP contribution is -2.35. The predicted octanol–water partition coefficient (Wildman–Crippen LogP) is 0.834. The molecule has 0 bridgehead atoms. The fourth-order valence-electron chi connectivity index (χ4n) is 1.90. The molecule has 2 heterocycles. The fraction of sp³-hybridized carbons (Fsp3) is 0.400. The third kappa shape index (κ3) is 1.01. The largest absolute Gasteiger partial charge is 0.311 e. The van der Waals surface area contributed by atoms with Gasteiger partial charge >= 0.3 is 0 Å². The van der Waals surface area contributed by atoms with E-state index in [1.54, 1.807) is 35.8 Å². The van der Waals surface area contributed by atoms with Crippen LogP contribution in [0.1, 0.15) is 0 Å². The molecule has 6 heteroatoms. The molecule has 1 fully saturated rings. The maximum absolute atomic E-state index is 9.03. The van der Waals surface area contributed by atoms with Crippen LogP contribution in [-0.4, -0.2) is 16.5 Å². The Morgan fingerprint density at radius 2 is 1.56 bits per heavy atom. The van der Waals surface area contributed by atoms with Gasteiger partial charge in [0.15, 0.2) is 0 Å². The molecule has 0 saturated carbocycles. The first-order valence-electron chi connectivity index (χ1n) is 4.35. The quantitative estimate of drug-likeness (QED) is 0.608. The number of hydrogen-bond donors (Lipinski definition) is 0. The molecule has 16 heavy (non-hydrogen) atoms. The average Bonchev–Trinajstić information content (AvgIpc) is 2.90. The Morgan fingerprint density at radius 3 is 2.06 bits per heavy atom. The van der Waals surface area contributed by atoms with Crippen LogP contribution < -0.4 is 0 Å². The van der Waals surface area contributed by atoms with Gasteiger partial charge in [0.2, 0.25) is 0 Å². The molecule has 0 aromatic rings. The van der Waals surface area contributed by atoms with E-state index in [4.69, 9.17) is 25.8 Å². The zero-order valence-electron chi connectivity index (χ0n) is 7.91. The summed E-state index contributed by atoms with van der Waals surface area (Å²) in [5.74, 6) is -0.535. The lowest BCUT2D eigenvalue weighted by Gasteiger charge is -2.17. The Kier molecular flexibility index (Phi) is 2.14. The molecule has 0 N–H and O–H groups in total. The predicted molar refractivity (Wildman–Crippen MR) is 53.0 cm³/mol. The molecule has 1 saturated heterocycles. The van der Waals surface area contributed by atoms with Crippen LogP contribution in [0, 0.1) is 51.2 Å². The van der Waals surface area contributed by atoms with E-state index in [2.05, 4.69) is 0 Å². The van der Waals surface area contributed by atoms with Crippen LogP contribution >= 0.6 is 11.8 Å². The highest BCUT2D eigenvalue weighted by Gasteiger charge is 2.65. The zero-order valence-corrected chi connectivity index (χ0v) is 8.73. The molecule has 2 aliphatic rings. The highest BCUT2D eigenvalue weighted by atomic mass is 32.2. The molecule has 2 rings (SSSR count). The molecule has 5 nitrogen and oxygen atoms in total. The Morgan fingerprint density at radius 1 is 1.00 bits per heavy atom. The van der Waals surface area contributed by atoms with Gasteiger partial charge in [-0.05, 0) is 5.41 Å². The molecule has 76 valence electrons. The summed E-state index contributed by atoms with van der Waals surface area (Å²) in [6.45, 7) is 0. The van der Waals surface area contributed by atoms with Crippen LogP contribution in [0.2, 0.25) is 0 Å². The minimum absolute atomic E-state index is 0.512. The van der Waals surface area contributed by atoms with Crippen LogP contribution in [0.4, 0.5) is 0 Å². The van der Waals surface area contributed by atoms with Gasteiger partial charge in [-0.2, -0.15) is 21.0 Å².